The van der Waals surface area contributed by atoms with Crippen molar-refractivity contribution in [3.63, 3.8) is 0 Å². The van der Waals surface area contributed by atoms with Gasteiger partial charge in [0.05, 0.1) is 6.42 Å². The molecule has 1 unspecified atom stereocenters. The van der Waals surface area contributed by atoms with Gasteiger partial charge in [0.2, 0.25) is 5.83 Å². The van der Waals surface area contributed by atoms with Crippen LogP contribution in [0.5, 0.6) is 0 Å². The fourth-order valence-corrected chi connectivity index (χ4v) is 0.915. The lowest BCUT2D eigenvalue weighted by molar-refractivity contribution is -0.0635. The zero-order valence-electron chi connectivity index (χ0n) is 4.97. The maximum atomic E-state index is 12.4. The third-order valence-corrected chi connectivity index (χ3v) is 1.72. The Morgan fingerprint density at radius 1 is 1.18 bits per heavy atom. The normalized spacial score (nSPS) is 36.5. The molecule has 1 rings (SSSR count). The van der Waals surface area contributed by atoms with Gasteiger partial charge in [-0.2, -0.15) is 8.78 Å². The van der Waals surface area contributed by atoms with E-state index >= 15 is 0 Å². The Morgan fingerprint density at radius 2 is 1.64 bits per heavy atom. The fraction of sp³-hybridized carbons (Fsp3) is 0.600. The van der Waals surface area contributed by atoms with E-state index in [9.17, 15) is 22.0 Å². The molecule has 0 aromatic rings. The number of allylic oxidation sites excluding steroid dienone is 2. The molecule has 0 bridgehead atoms. The summed E-state index contributed by atoms with van der Waals surface area (Å²) >= 11 is 4.51. The van der Waals surface area contributed by atoms with E-state index in [1.165, 1.54) is 0 Å². The summed E-state index contributed by atoms with van der Waals surface area (Å²) in [4.78, 5) is 0. The summed E-state index contributed by atoms with van der Waals surface area (Å²) in [5.74, 6) is -8.78. The lowest BCUT2D eigenvalue weighted by Gasteiger charge is -2.18. The fourth-order valence-electron chi connectivity index (χ4n) is 0.714. The summed E-state index contributed by atoms with van der Waals surface area (Å²) in [5, 5.41) is -3.65. The number of hydrogen-bond acceptors (Lipinski definition) is 0. The van der Waals surface area contributed by atoms with Crippen LogP contribution in [0.2, 0.25) is 0 Å². The first-order valence-electron chi connectivity index (χ1n) is 2.59. The van der Waals surface area contributed by atoms with Crippen LogP contribution in [0.15, 0.2) is 11.7 Å². The van der Waals surface area contributed by atoms with Crippen molar-refractivity contribution in [1.82, 2.24) is 0 Å². The minimum atomic E-state index is -4.54. The molecule has 0 fully saturated rings. The Balaban J connectivity index is 3.08. The van der Waals surface area contributed by atoms with Gasteiger partial charge in [0, 0.05) is 0 Å². The van der Waals surface area contributed by atoms with Crippen LogP contribution in [0.1, 0.15) is 6.42 Å². The molecule has 64 valence electrons. The average Bonchev–Trinajstić information content (AvgIpc) is 1.93. The first kappa shape index (κ1) is 8.77. The summed E-state index contributed by atoms with van der Waals surface area (Å²) in [6.45, 7) is 0. The van der Waals surface area contributed by atoms with Crippen molar-refractivity contribution in [2.75, 3.05) is 0 Å². The van der Waals surface area contributed by atoms with E-state index in [1.807, 2.05) is 0 Å². The van der Waals surface area contributed by atoms with Crippen LogP contribution < -0.4 is 0 Å². The van der Waals surface area contributed by atoms with E-state index in [-0.39, 0.29) is 0 Å². The van der Waals surface area contributed by atoms with Gasteiger partial charge in [-0.05, 0) is 0 Å². The maximum absolute atomic E-state index is 12.4. The third kappa shape index (κ3) is 1.02. The molecule has 0 aromatic carbocycles. The molecule has 0 saturated carbocycles. The Bertz CT molecular complexity index is 219. The Morgan fingerprint density at radius 3 is 1.73 bits per heavy atom. The molecule has 11 heavy (non-hydrogen) atoms. The van der Waals surface area contributed by atoms with Crippen LogP contribution in [-0.2, 0) is 0 Å². The molecule has 6 heteroatoms. The minimum Gasteiger partial charge on any atom is -0.219 e. The second-order valence-corrected chi connectivity index (χ2v) is 2.77. The average molecular weight is 193 g/mol. The highest BCUT2D eigenvalue weighted by Crippen LogP contribution is 2.53. The van der Waals surface area contributed by atoms with Gasteiger partial charge in [0.1, 0.15) is 5.83 Å². The Labute approximate surface area is 63.6 Å². The van der Waals surface area contributed by atoms with Gasteiger partial charge >= 0.3 is 5.92 Å². The first-order valence-corrected chi connectivity index (χ1v) is 2.97. The smallest absolute Gasteiger partial charge is 0.219 e. The predicted octanol–water partition coefficient (Wildman–Crippen LogP) is 3.08. The van der Waals surface area contributed by atoms with E-state index in [2.05, 4.69) is 11.6 Å². The maximum Gasteiger partial charge on any atom is 0.348 e. The van der Waals surface area contributed by atoms with Gasteiger partial charge < -0.3 is 0 Å². The number of alkyl halides is 4. The van der Waals surface area contributed by atoms with Crippen LogP contribution in [-0.4, -0.2) is 11.1 Å². The van der Waals surface area contributed by atoms with E-state index in [1.54, 1.807) is 0 Å². The zero-order chi connectivity index (χ0) is 8.86. The molecule has 1 atom stereocenters. The molecular weight excluding hydrogens is 190 g/mol. The van der Waals surface area contributed by atoms with Crippen LogP contribution in [0, 0.1) is 0 Å². The molecule has 0 amide bonds. The highest BCUT2D eigenvalue weighted by Gasteiger charge is 2.64. The van der Waals surface area contributed by atoms with E-state index < -0.39 is 29.1 Å². The molecule has 0 nitrogen and oxygen atoms in total. The van der Waals surface area contributed by atoms with Crippen LogP contribution in [0.3, 0.4) is 0 Å². The molecule has 1 aliphatic carbocycles. The number of halogens is 6. The second kappa shape index (κ2) is 2.09. The lowest BCUT2D eigenvalue weighted by atomic mass is 10.2. The molecule has 0 heterocycles. The van der Waals surface area contributed by atoms with Crippen molar-refractivity contribution in [1.29, 1.82) is 0 Å². The standard InChI is InChI=1S/C5H2ClF5/c6-4(9)1-2(7)3(8)5(4,10)11/h1H2. The zero-order valence-corrected chi connectivity index (χ0v) is 5.73. The van der Waals surface area contributed by atoms with E-state index in [0.717, 1.165) is 0 Å². The highest BCUT2D eigenvalue weighted by atomic mass is 35.5. The summed E-state index contributed by atoms with van der Waals surface area (Å²) in [5.41, 5.74) is 0. The van der Waals surface area contributed by atoms with Gasteiger partial charge in [-0.25, -0.2) is 13.2 Å². The molecule has 0 radical (unpaired) electrons. The van der Waals surface area contributed by atoms with Gasteiger partial charge in [-0.3, -0.25) is 0 Å². The lowest BCUT2D eigenvalue weighted by Crippen LogP contribution is -2.35. The Kier molecular flexibility index (Phi) is 1.67. The topological polar surface area (TPSA) is 0 Å². The van der Waals surface area contributed by atoms with Gasteiger partial charge in [-0.1, -0.05) is 11.6 Å². The Hall–Kier alpha value is -0.320. The summed E-state index contributed by atoms with van der Waals surface area (Å²) in [6, 6.07) is 0. The van der Waals surface area contributed by atoms with Gasteiger partial charge in [0.15, 0.2) is 0 Å². The van der Waals surface area contributed by atoms with Crippen molar-refractivity contribution in [3.8, 4) is 0 Å². The molecule has 0 N–H and O–H groups in total. The van der Waals surface area contributed by atoms with Crippen molar-refractivity contribution in [2.24, 2.45) is 0 Å². The predicted molar refractivity (Wildman–Crippen MR) is 28.5 cm³/mol. The quantitative estimate of drug-likeness (QED) is 0.409. The van der Waals surface area contributed by atoms with Crippen LogP contribution in [0.25, 0.3) is 0 Å². The van der Waals surface area contributed by atoms with E-state index in [4.69, 9.17) is 0 Å². The molecule has 0 aliphatic heterocycles. The van der Waals surface area contributed by atoms with Crippen LogP contribution >= 0.6 is 11.6 Å². The number of hydrogen-bond donors (Lipinski definition) is 0. The van der Waals surface area contributed by atoms with Crippen molar-refractivity contribution >= 4 is 11.6 Å². The SMILES string of the molecule is FC1=C(F)C(F)(F)C(F)(Cl)C1. The van der Waals surface area contributed by atoms with Crippen LogP contribution in [0.4, 0.5) is 22.0 Å². The minimum absolute atomic E-state index is 1.42. The largest absolute Gasteiger partial charge is 0.348 e. The third-order valence-electron chi connectivity index (χ3n) is 1.35. The molecule has 0 spiro atoms. The number of rotatable bonds is 0. The molecule has 1 aliphatic rings. The summed E-state index contributed by atoms with van der Waals surface area (Å²) in [6.07, 6.45) is -1.42. The summed E-state index contributed by atoms with van der Waals surface area (Å²) in [7, 11) is 0. The second-order valence-electron chi connectivity index (χ2n) is 2.17. The highest BCUT2D eigenvalue weighted by molar-refractivity contribution is 6.24. The van der Waals surface area contributed by atoms with Crippen molar-refractivity contribution in [3.05, 3.63) is 11.7 Å². The monoisotopic (exact) mass is 192 g/mol. The molecule has 0 aromatic heterocycles. The molecular formula is C5H2ClF5. The van der Waals surface area contributed by atoms with Crippen molar-refractivity contribution in [2.45, 2.75) is 17.5 Å². The van der Waals surface area contributed by atoms with Gasteiger partial charge in [-0.15, -0.1) is 0 Å². The van der Waals surface area contributed by atoms with Crippen molar-refractivity contribution < 1.29 is 22.0 Å². The summed E-state index contributed by atoms with van der Waals surface area (Å²) < 4.78 is 60.8. The van der Waals surface area contributed by atoms with E-state index in [0.29, 0.717) is 0 Å². The van der Waals surface area contributed by atoms with Gasteiger partial charge in [0.25, 0.3) is 5.13 Å². The first-order chi connectivity index (χ1) is 4.79. The molecule has 0 saturated heterocycles.